The number of hydrogen-bond donors (Lipinski definition) is 3. The second-order valence-electron chi connectivity index (χ2n) is 4.60. The molecule has 0 aliphatic rings. The Bertz CT molecular complexity index is 754. The second kappa shape index (κ2) is 5.66. The van der Waals surface area contributed by atoms with E-state index in [0.29, 0.717) is 5.56 Å². The smallest absolute Gasteiger partial charge is 0.326 e. The highest BCUT2D eigenvalue weighted by molar-refractivity contribution is 7.89. The Morgan fingerprint density at radius 1 is 1.38 bits per heavy atom. The van der Waals surface area contributed by atoms with Gasteiger partial charge in [-0.05, 0) is 30.5 Å². The van der Waals surface area contributed by atoms with Crippen LogP contribution in [0.5, 0.6) is 0 Å². The van der Waals surface area contributed by atoms with E-state index in [1.807, 2.05) is 13.0 Å². The summed E-state index contributed by atoms with van der Waals surface area (Å²) in [6, 6.07) is 3.76. The highest BCUT2D eigenvalue weighted by Crippen LogP contribution is 2.22. The first-order valence-corrected chi connectivity index (χ1v) is 7.61. The van der Waals surface area contributed by atoms with Crippen molar-refractivity contribution in [1.29, 1.82) is 0 Å². The topological polar surface area (TPSA) is 112 Å². The molecule has 2 aromatic rings. The molecule has 0 aliphatic carbocycles. The Kier molecular flexibility index (Phi) is 4.10. The molecule has 3 N–H and O–H groups in total. The molecule has 0 fully saturated rings. The van der Waals surface area contributed by atoms with Crippen molar-refractivity contribution in [3.63, 3.8) is 0 Å². The van der Waals surface area contributed by atoms with Gasteiger partial charge in [-0.15, -0.1) is 0 Å². The normalized spacial score (nSPS) is 13.0. The minimum absolute atomic E-state index is 0.181. The number of nitrogens with zero attached hydrogens (tertiary/aromatic N) is 1. The van der Waals surface area contributed by atoms with Crippen molar-refractivity contribution >= 4 is 16.0 Å². The minimum atomic E-state index is -3.99. The van der Waals surface area contributed by atoms with Crippen LogP contribution in [0.1, 0.15) is 22.7 Å². The van der Waals surface area contributed by atoms with Crippen LogP contribution in [0.4, 0.5) is 0 Å². The molecule has 0 bridgehead atoms. The van der Waals surface area contributed by atoms with Crippen LogP contribution in [-0.2, 0) is 14.8 Å². The number of carbonyl (C=O) groups is 1. The molecular weight excluding hydrogens is 294 g/mol. The molecule has 112 valence electrons. The summed E-state index contributed by atoms with van der Waals surface area (Å²) >= 11 is 0. The first-order valence-electron chi connectivity index (χ1n) is 6.12. The predicted molar refractivity (Wildman–Crippen MR) is 75.2 cm³/mol. The molecule has 1 aromatic carbocycles. The SMILES string of the molecule is Cc1cccc(C(NS(=O)(=O)c2cnc[nH]2)C(=O)O)c1C. The molecule has 0 spiro atoms. The van der Waals surface area contributed by atoms with E-state index in [2.05, 4.69) is 14.7 Å². The number of H-pyrrole nitrogens is 1. The van der Waals surface area contributed by atoms with Crippen LogP contribution in [-0.4, -0.2) is 29.5 Å². The largest absolute Gasteiger partial charge is 0.480 e. The van der Waals surface area contributed by atoms with Gasteiger partial charge in [-0.3, -0.25) is 4.79 Å². The molecule has 21 heavy (non-hydrogen) atoms. The van der Waals surface area contributed by atoms with Gasteiger partial charge in [0.2, 0.25) is 0 Å². The van der Waals surface area contributed by atoms with Crippen molar-refractivity contribution in [2.45, 2.75) is 24.9 Å². The van der Waals surface area contributed by atoms with Gasteiger partial charge in [0.05, 0.1) is 12.5 Å². The summed E-state index contributed by atoms with van der Waals surface area (Å²) in [5.74, 6) is -1.27. The highest BCUT2D eigenvalue weighted by atomic mass is 32.2. The minimum Gasteiger partial charge on any atom is -0.480 e. The fourth-order valence-electron chi connectivity index (χ4n) is 1.94. The number of rotatable bonds is 5. The van der Waals surface area contributed by atoms with E-state index < -0.39 is 22.0 Å². The van der Waals surface area contributed by atoms with Gasteiger partial charge in [-0.25, -0.2) is 13.4 Å². The predicted octanol–water partition coefficient (Wildman–Crippen LogP) is 1.13. The van der Waals surface area contributed by atoms with Crippen molar-refractivity contribution in [3.05, 3.63) is 47.4 Å². The van der Waals surface area contributed by atoms with Gasteiger partial charge in [0.15, 0.2) is 5.03 Å². The number of benzene rings is 1. The van der Waals surface area contributed by atoms with Crippen LogP contribution >= 0.6 is 0 Å². The zero-order valence-corrected chi connectivity index (χ0v) is 12.3. The highest BCUT2D eigenvalue weighted by Gasteiger charge is 2.29. The Morgan fingerprint density at radius 2 is 2.10 bits per heavy atom. The summed E-state index contributed by atoms with van der Waals surface area (Å²) in [7, 11) is -3.99. The maximum Gasteiger partial charge on any atom is 0.326 e. The van der Waals surface area contributed by atoms with Crippen LogP contribution in [0.25, 0.3) is 0 Å². The van der Waals surface area contributed by atoms with Crippen molar-refractivity contribution in [1.82, 2.24) is 14.7 Å². The maximum atomic E-state index is 12.1. The number of hydrogen-bond acceptors (Lipinski definition) is 4. The summed E-state index contributed by atoms with van der Waals surface area (Å²) in [5, 5.41) is 9.17. The van der Waals surface area contributed by atoms with Crippen LogP contribution < -0.4 is 4.72 Å². The van der Waals surface area contributed by atoms with E-state index in [-0.39, 0.29) is 5.03 Å². The molecule has 7 nitrogen and oxygen atoms in total. The van der Waals surface area contributed by atoms with Crippen LogP contribution in [0.2, 0.25) is 0 Å². The number of carboxylic acid groups (broad SMARTS) is 1. The van der Waals surface area contributed by atoms with E-state index in [1.54, 1.807) is 19.1 Å². The molecule has 1 heterocycles. The summed E-state index contributed by atoms with van der Waals surface area (Å²) in [6.45, 7) is 3.59. The van der Waals surface area contributed by atoms with Crippen molar-refractivity contribution in [2.24, 2.45) is 0 Å². The number of aryl methyl sites for hydroxylation is 1. The lowest BCUT2D eigenvalue weighted by atomic mass is 9.98. The molecule has 1 atom stereocenters. The molecule has 1 aromatic heterocycles. The van der Waals surface area contributed by atoms with Crippen molar-refractivity contribution in [2.75, 3.05) is 0 Å². The quantitative estimate of drug-likeness (QED) is 0.766. The Balaban J connectivity index is 2.42. The zero-order chi connectivity index (χ0) is 15.6. The number of aromatic amines is 1. The number of imidazole rings is 1. The molecule has 0 saturated carbocycles. The van der Waals surface area contributed by atoms with E-state index >= 15 is 0 Å². The standard InChI is InChI=1S/C13H15N3O4S/c1-8-4-3-5-10(9(8)2)12(13(17)18)16-21(19,20)11-6-14-7-15-11/h3-7,12,16H,1-2H3,(H,14,15)(H,17,18). The second-order valence-corrected chi connectivity index (χ2v) is 6.28. The fourth-order valence-corrected chi connectivity index (χ4v) is 3.01. The molecule has 1 unspecified atom stereocenters. The van der Waals surface area contributed by atoms with Crippen molar-refractivity contribution < 1.29 is 18.3 Å². The van der Waals surface area contributed by atoms with Gasteiger partial charge in [-0.1, -0.05) is 18.2 Å². The third-order valence-corrected chi connectivity index (χ3v) is 4.59. The number of carboxylic acids is 1. The molecule has 0 saturated heterocycles. The first kappa shape index (κ1) is 15.2. The summed E-state index contributed by atoms with van der Waals surface area (Å²) in [5.41, 5.74) is 2.03. The number of nitrogens with one attached hydrogen (secondary N) is 2. The van der Waals surface area contributed by atoms with Gasteiger partial charge in [0, 0.05) is 0 Å². The van der Waals surface area contributed by atoms with Gasteiger partial charge in [0.1, 0.15) is 6.04 Å². The van der Waals surface area contributed by atoms with Gasteiger partial charge in [0.25, 0.3) is 10.0 Å². The lowest BCUT2D eigenvalue weighted by molar-refractivity contribution is -0.139. The third-order valence-electron chi connectivity index (χ3n) is 3.24. The van der Waals surface area contributed by atoms with E-state index in [0.717, 1.165) is 17.3 Å². The lowest BCUT2D eigenvalue weighted by Gasteiger charge is -2.17. The molecular formula is C13H15N3O4S. The van der Waals surface area contributed by atoms with Crippen LogP contribution in [0, 0.1) is 13.8 Å². The average molecular weight is 309 g/mol. The molecule has 8 heteroatoms. The average Bonchev–Trinajstić information content (AvgIpc) is 2.94. The fraction of sp³-hybridized carbons (Fsp3) is 0.231. The Hall–Kier alpha value is -2.19. The van der Waals surface area contributed by atoms with E-state index in [4.69, 9.17) is 0 Å². The van der Waals surface area contributed by atoms with E-state index in [1.165, 1.54) is 6.33 Å². The van der Waals surface area contributed by atoms with E-state index in [9.17, 15) is 18.3 Å². The molecule has 0 radical (unpaired) electrons. The number of aromatic nitrogens is 2. The molecule has 0 amide bonds. The summed E-state index contributed by atoms with van der Waals surface area (Å²) in [4.78, 5) is 17.5. The summed E-state index contributed by atoms with van der Waals surface area (Å²) < 4.78 is 26.4. The molecule has 0 aliphatic heterocycles. The summed E-state index contributed by atoms with van der Waals surface area (Å²) in [6.07, 6.45) is 2.33. The monoisotopic (exact) mass is 309 g/mol. The first-order chi connectivity index (χ1) is 9.83. The number of aliphatic carboxylic acids is 1. The van der Waals surface area contributed by atoms with Crippen molar-refractivity contribution in [3.8, 4) is 0 Å². The van der Waals surface area contributed by atoms with Crippen LogP contribution in [0.15, 0.2) is 35.7 Å². The Labute approximate surface area is 122 Å². The van der Waals surface area contributed by atoms with Gasteiger partial charge >= 0.3 is 5.97 Å². The zero-order valence-electron chi connectivity index (χ0n) is 11.5. The molecule has 2 rings (SSSR count). The Morgan fingerprint density at radius 3 is 2.67 bits per heavy atom. The number of sulfonamides is 1. The van der Waals surface area contributed by atoms with Gasteiger partial charge < -0.3 is 10.1 Å². The maximum absolute atomic E-state index is 12.1. The van der Waals surface area contributed by atoms with Crippen LogP contribution in [0.3, 0.4) is 0 Å². The van der Waals surface area contributed by atoms with Gasteiger partial charge in [-0.2, -0.15) is 4.72 Å². The lowest BCUT2D eigenvalue weighted by Crippen LogP contribution is -2.34. The third kappa shape index (κ3) is 3.11.